The zero-order valence-corrected chi connectivity index (χ0v) is 17.9. The minimum absolute atomic E-state index is 0.0478. The summed E-state index contributed by atoms with van der Waals surface area (Å²) < 4.78 is 0. The highest BCUT2D eigenvalue weighted by atomic mass is 16.1. The van der Waals surface area contributed by atoms with Crippen molar-refractivity contribution >= 4 is 17.7 Å². The summed E-state index contributed by atoms with van der Waals surface area (Å²) >= 11 is 0. The van der Waals surface area contributed by atoms with Gasteiger partial charge in [0, 0.05) is 37.0 Å². The molecule has 2 aromatic heterocycles. The van der Waals surface area contributed by atoms with Crippen molar-refractivity contribution in [3.8, 4) is 0 Å². The van der Waals surface area contributed by atoms with E-state index >= 15 is 0 Å². The van der Waals surface area contributed by atoms with Gasteiger partial charge in [-0.25, -0.2) is 0 Å². The van der Waals surface area contributed by atoms with Crippen LogP contribution >= 0.6 is 0 Å². The standard InChI is InChI=1S/C26H28N4O/c1-21(31)29-24-10-8-22(9-11-24)20-30-18-14-26(15-19-30,25-7-3-5-17-28-25)13-12-23-6-2-4-16-27-23/h2-13,16-17H,14-15,18-20H2,1H3,(H,29,31)/b13-12+. The van der Waals surface area contributed by atoms with Gasteiger partial charge in [0.25, 0.3) is 0 Å². The number of pyridine rings is 2. The third kappa shape index (κ3) is 5.44. The lowest BCUT2D eigenvalue weighted by Crippen LogP contribution is -2.41. The number of piperidine rings is 1. The zero-order chi connectivity index (χ0) is 21.5. The Hall–Kier alpha value is -3.31. The number of hydrogen-bond acceptors (Lipinski definition) is 4. The number of hydrogen-bond donors (Lipinski definition) is 1. The second-order valence-corrected chi connectivity index (χ2v) is 8.11. The summed E-state index contributed by atoms with van der Waals surface area (Å²) in [6.07, 6.45) is 10.2. The molecular weight excluding hydrogens is 384 g/mol. The number of amides is 1. The minimum atomic E-state index is -0.0788. The molecular formula is C26H28N4O. The summed E-state index contributed by atoms with van der Waals surface area (Å²) in [6.45, 7) is 4.42. The Morgan fingerprint density at radius 3 is 2.32 bits per heavy atom. The number of likely N-dealkylation sites (tertiary alicyclic amines) is 1. The summed E-state index contributed by atoms with van der Waals surface area (Å²) in [6, 6.07) is 20.3. The van der Waals surface area contributed by atoms with Gasteiger partial charge in [-0.1, -0.05) is 30.3 Å². The van der Waals surface area contributed by atoms with E-state index in [0.29, 0.717) is 0 Å². The van der Waals surface area contributed by atoms with Gasteiger partial charge < -0.3 is 5.32 Å². The lowest BCUT2D eigenvalue weighted by molar-refractivity contribution is -0.114. The summed E-state index contributed by atoms with van der Waals surface area (Å²) in [5.41, 5.74) is 4.11. The summed E-state index contributed by atoms with van der Waals surface area (Å²) in [5, 5.41) is 2.82. The van der Waals surface area contributed by atoms with Crippen molar-refractivity contribution in [2.75, 3.05) is 18.4 Å². The Balaban J connectivity index is 1.46. The minimum Gasteiger partial charge on any atom is -0.326 e. The molecule has 0 aliphatic carbocycles. The molecule has 158 valence electrons. The normalized spacial score (nSPS) is 16.3. The van der Waals surface area contributed by atoms with Gasteiger partial charge in [-0.15, -0.1) is 0 Å². The van der Waals surface area contributed by atoms with Crippen LogP contribution in [0.4, 0.5) is 5.69 Å². The molecule has 3 heterocycles. The highest BCUT2D eigenvalue weighted by molar-refractivity contribution is 5.88. The molecule has 1 aliphatic rings. The molecule has 0 unspecified atom stereocenters. The molecule has 0 atom stereocenters. The fraction of sp³-hybridized carbons (Fsp3) is 0.269. The van der Waals surface area contributed by atoms with Crippen molar-refractivity contribution in [3.05, 3.63) is 96.1 Å². The number of anilines is 1. The first-order chi connectivity index (χ1) is 15.1. The van der Waals surface area contributed by atoms with Gasteiger partial charge in [-0.3, -0.25) is 19.7 Å². The first-order valence-corrected chi connectivity index (χ1v) is 10.7. The molecule has 31 heavy (non-hydrogen) atoms. The smallest absolute Gasteiger partial charge is 0.221 e. The van der Waals surface area contributed by atoms with Crippen LogP contribution in [0.2, 0.25) is 0 Å². The number of benzene rings is 1. The molecule has 0 radical (unpaired) electrons. The molecule has 0 bridgehead atoms. The van der Waals surface area contributed by atoms with Crippen molar-refractivity contribution in [2.45, 2.75) is 31.7 Å². The average Bonchev–Trinajstić information content (AvgIpc) is 2.81. The number of aromatic nitrogens is 2. The van der Waals surface area contributed by atoms with Gasteiger partial charge in [-0.05, 0) is 74.0 Å². The molecule has 5 heteroatoms. The molecule has 0 saturated carbocycles. The molecule has 1 aromatic carbocycles. The van der Waals surface area contributed by atoms with Crippen LogP contribution in [0, 0.1) is 0 Å². The number of nitrogens with zero attached hydrogens (tertiary/aromatic N) is 3. The topological polar surface area (TPSA) is 58.1 Å². The first-order valence-electron chi connectivity index (χ1n) is 10.7. The Morgan fingerprint density at radius 2 is 1.71 bits per heavy atom. The first kappa shape index (κ1) is 20.9. The summed E-state index contributed by atoms with van der Waals surface area (Å²) in [4.78, 5) is 22.8. The van der Waals surface area contributed by atoms with Gasteiger partial charge in [0.2, 0.25) is 5.91 Å². The Bertz CT molecular complexity index is 1010. The van der Waals surface area contributed by atoms with Gasteiger partial charge in [0.05, 0.1) is 11.4 Å². The van der Waals surface area contributed by atoms with Crippen LogP contribution in [0.15, 0.2) is 79.1 Å². The maximum atomic E-state index is 11.2. The third-order valence-electron chi connectivity index (χ3n) is 5.86. The predicted octanol–water partition coefficient (Wildman–Crippen LogP) is 4.68. The highest BCUT2D eigenvalue weighted by Gasteiger charge is 2.35. The van der Waals surface area contributed by atoms with Crippen LogP contribution in [0.5, 0.6) is 0 Å². The van der Waals surface area contributed by atoms with E-state index in [1.54, 1.807) is 0 Å². The molecule has 1 N–H and O–H groups in total. The molecule has 5 nitrogen and oxygen atoms in total. The highest BCUT2D eigenvalue weighted by Crippen LogP contribution is 2.36. The van der Waals surface area contributed by atoms with Crippen LogP contribution in [0.25, 0.3) is 6.08 Å². The molecule has 4 rings (SSSR count). The second-order valence-electron chi connectivity index (χ2n) is 8.11. The number of rotatable bonds is 6. The van der Waals surface area contributed by atoms with E-state index in [-0.39, 0.29) is 11.3 Å². The predicted molar refractivity (Wildman–Crippen MR) is 124 cm³/mol. The maximum absolute atomic E-state index is 11.2. The van der Waals surface area contributed by atoms with Gasteiger partial charge in [0.1, 0.15) is 0 Å². The van der Waals surface area contributed by atoms with Crippen LogP contribution < -0.4 is 5.32 Å². The molecule has 1 aliphatic heterocycles. The Labute approximate surface area is 183 Å². The Morgan fingerprint density at radius 1 is 1.00 bits per heavy atom. The van der Waals surface area contributed by atoms with Gasteiger partial charge in [-0.2, -0.15) is 0 Å². The quantitative estimate of drug-likeness (QED) is 0.639. The van der Waals surface area contributed by atoms with E-state index in [1.807, 2.05) is 48.8 Å². The summed E-state index contributed by atoms with van der Waals surface area (Å²) in [7, 11) is 0. The van der Waals surface area contributed by atoms with Crippen molar-refractivity contribution in [1.29, 1.82) is 0 Å². The molecule has 1 saturated heterocycles. The number of carbonyl (C=O) groups is 1. The van der Waals surface area contributed by atoms with E-state index in [1.165, 1.54) is 12.5 Å². The number of allylic oxidation sites excluding steroid dienone is 1. The molecule has 1 amide bonds. The lowest BCUT2D eigenvalue weighted by Gasteiger charge is -2.40. The van der Waals surface area contributed by atoms with E-state index in [0.717, 1.165) is 49.6 Å². The van der Waals surface area contributed by atoms with Gasteiger partial charge in [0.15, 0.2) is 0 Å². The van der Waals surface area contributed by atoms with E-state index in [2.05, 4.69) is 51.6 Å². The fourth-order valence-electron chi connectivity index (χ4n) is 4.15. The average molecular weight is 413 g/mol. The van der Waals surface area contributed by atoms with Crippen molar-refractivity contribution in [1.82, 2.24) is 14.9 Å². The van der Waals surface area contributed by atoms with Crippen LogP contribution in [-0.4, -0.2) is 33.9 Å². The van der Waals surface area contributed by atoms with Crippen molar-refractivity contribution in [2.24, 2.45) is 0 Å². The summed E-state index contributed by atoms with van der Waals surface area (Å²) in [5.74, 6) is -0.0478. The molecule has 1 fully saturated rings. The fourth-order valence-corrected chi connectivity index (χ4v) is 4.15. The van der Waals surface area contributed by atoms with Crippen LogP contribution in [0.3, 0.4) is 0 Å². The largest absolute Gasteiger partial charge is 0.326 e. The van der Waals surface area contributed by atoms with Crippen molar-refractivity contribution in [3.63, 3.8) is 0 Å². The second kappa shape index (κ2) is 9.67. The van der Waals surface area contributed by atoms with E-state index in [4.69, 9.17) is 4.98 Å². The number of carbonyl (C=O) groups excluding carboxylic acids is 1. The van der Waals surface area contributed by atoms with Gasteiger partial charge >= 0.3 is 0 Å². The molecule has 0 spiro atoms. The van der Waals surface area contributed by atoms with Crippen molar-refractivity contribution < 1.29 is 4.79 Å². The van der Waals surface area contributed by atoms with E-state index < -0.39 is 0 Å². The number of nitrogens with one attached hydrogen (secondary N) is 1. The maximum Gasteiger partial charge on any atom is 0.221 e. The monoisotopic (exact) mass is 412 g/mol. The van der Waals surface area contributed by atoms with Crippen LogP contribution in [-0.2, 0) is 16.8 Å². The Kier molecular flexibility index (Phi) is 6.53. The lowest BCUT2D eigenvalue weighted by atomic mass is 9.74. The zero-order valence-electron chi connectivity index (χ0n) is 17.9. The van der Waals surface area contributed by atoms with E-state index in [9.17, 15) is 4.79 Å². The third-order valence-corrected chi connectivity index (χ3v) is 5.86. The van der Waals surface area contributed by atoms with Crippen LogP contribution in [0.1, 0.15) is 36.7 Å². The molecule has 3 aromatic rings. The SMILES string of the molecule is CC(=O)Nc1ccc(CN2CCC(/C=C/c3ccccn3)(c3ccccn3)CC2)cc1.